The fourth-order valence-corrected chi connectivity index (χ4v) is 3.12. The summed E-state index contributed by atoms with van der Waals surface area (Å²) < 4.78 is 26.7. The number of hydrogen-bond donors (Lipinski definition) is 1. The molecule has 1 rings (SSSR count). The minimum atomic E-state index is -3.17. The highest BCUT2D eigenvalue weighted by atomic mass is 79.9. The largest absolute Gasteiger partial charge is 0.212 e. The van der Waals surface area contributed by atoms with Crippen molar-refractivity contribution in [2.45, 2.75) is 20.4 Å². The molecule has 0 heterocycles. The molecule has 0 bridgehead atoms. The zero-order chi connectivity index (χ0) is 12.2. The first-order valence-electron chi connectivity index (χ1n) is 5.11. The van der Waals surface area contributed by atoms with Crippen LogP contribution in [0.2, 0.25) is 0 Å². The molecular formula is C11H16BrNO2S. The van der Waals surface area contributed by atoms with Crippen LogP contribution in [0.3, 0.4) is 0 Å². The van der Waals surface area contributed by atoms with E-state index in [0.717, 1.165) is 10.0 Å². The lowest BCUT2D eigenvalue weighted by Crippen LogP contribution is -2.28. The van der Waals surface area contributed by atoms with Crippen LogP contribution in [0.5, 0.6) is 0 Å². The number of sulfonamides is 1. The zero-order valence-corrected chi connectivity index (χ0v) is 11.8. The van der Waals surface area contributed by atoms with Gasteiger partial charge in [0.25, 0.3) is 0 Å². The monoisotopic (exact) mass is 305 g/mol. The first kappa shape index (κ1) is 13.7. The Hall–Kier alpha value is -0.390. The van der Waals surface area contributed by atoms with Crippen LogP contribution in [0.1, 0.15) is 19.4 Å². The highest BCUT2D eigenvalue weighted by molar-refractivity contribution is 9.10. The fraction of sp³-hybridized carbons (Fsp3) is 0.455. The van der Waals surface area contributed by atoms with E-state index in [0.29, 0.717) is 6.54 Å². The van der Waals surface area contributed by atoms with Crippen molar-refractivity contribution in [2.24, 2.45) is 5.92 Å². The van der Waals surface area contributed by atoms with Gasteiger partial charge in [-0.05, 0) is 17.5 Å². The first-order chi connectivity index (χ1) is 7.41. The second kappa shape index (κ2) is 5.80. The molecule has 5 heteroatoms. The summed E-state index contributed by atoms with van der Waals surface area (Å²) in [6.07, 6.45) is 0. The van der Waals surface area contributed by atoms with Gasteiger partial charge in [0.1, 0.15) is 0 Å². The maximum absolute atomic E-state index is 11.6. The molecule has 0 unspecified atom stereocenters. The minimum absolute atomic E-state index is 0.136. The highest BCUT2D eigenvalue weighted by Crippen LogP contribution is 2.15. The van der Waals surface area contributed by atoms with Crippen molar-refractivity contribution in [1.82, 2.24) is 4.72 Å². The van der Waals surface area contributed by atoms with E-state index >= 15 is 0 Å². The molecule has 0 amide bonds. The summed E-state index contributed by atoms with van der Waals surface area (Å²) in [6, 6.07) is 7.57. The van der Waals surface area contributed by atoms with Crippen LogP contribution in [-0.2, 0) is 16.6 Å². The molecule has 0 aliphatic heterocycles. The van der Waals surface area contributed by atoms with Crippen LogP contribution >= 0.6 is 15.9 Å². The van der Waals surface area contributed by atoms with Gasteiger partial charge in [0.2, 0.25) is 10.0 Å². The Labute approximate surface area is 105 Å². The third kappa shape index (κ3) is 4.63. The number of benzene rings is 1. The van der Waals surface area contributed by atoms with E-state index in [9.17, 15) is 8.42 Å². The lowest BCUT2D eigenvalue weighted by molar-refractivity contribution is 0.568. The van der Waals surface area contributed by atoms with Gasteiger partial charge in [0.05, 0.1) is 5.75 Å². The maximum Gasteiger partial charge on any atom is 0.212 e. The van der Waals surface area contributed by atoms with Gasteiger partial charge in [-0.3, -0.25) is 0 Å². The van der Waals surface area contributed by atoms with Gasteiger partial charge in [-0.1, -0.05) is 48.0 Å². The summed E-state index contributed by atoms with van der Waals surface area (Å²) in [7, 11) is -3.17. The predicted molar refractivity (Wildman–Crippen MR) is 69.6 cm³/mol. The number of rotatable bonds is 5. The van der Waals surface area contributed by atoms with Crippen LogP contribution in [0.15, 0.2) is 28.7 Å². The Morgan fingerprint density at radius 3 is 2.50 bits per heavy atom. The van der Waals surface area contributed by atoms with E-state index in [1.54, 1.807) is 0 Å². The van der Waals surface area contributed by atoms with Crippen LogP contribution < -0.4 is 4.72 Å². The van der Waals surface area contributed by atoms with E-state index in [1.807, 2.05) is 38.1 Å². The predicted octanol–water partition coefficient (Wildman–Crippen LogP) is 2.52. The molecule has 16 heavy (non-hydrogen) atoms. The third-order valence-corrected chi connectivity index (χ3v) is 4.46. The molecule has 1 N–H and O–H groups in total. The van der Waals surface area contributed by atoms with Gasteiger partial charge in [-0.15, -0.1) is 0 Å². The average Bonchev–Trinajstić information content (AvgIpc) is 2.14. The zero-order valence-electron chi connectivity index (χ0n) is 9.40. The Kier molecular flexibility index (Phi) is 4.95. The quantitative estimate of drug-likeness (QED) is 0.908. The van der Waals surface area contributed by atoms with E-state index in [4.69, 9.17) is 0 Å². The molecule has 1 aromatic rings. The van der Waals surface area contributed by atoms with E-state index < -0.39 is 10.0 Å². The Morgan fingerprint density at radius 1 is 1.31 bits per heavy atom. The third-order valence-electron chi connectivity index (χ3n) is 1.99. The molecule has 0 saturated heterocycles. The number of halogens is 1. The van der Waals surface area contributed by atoms with Gasteiger partial charge < -0.3 is 0 Å². The molecule has 1 aromatic carbocycles. The summed E-state index contributed by atoms with van der Waals surface area (Å²) in [5.41, 5.74) is 0.940. The average molecular weight is 306 g/mol. The van der Waals surface area contributed by atoms with Crippen LogP contribution in [0, 0.1) is 5.92 Å². The molecule has 3 nitrogen and oxygen atoms in total. The number of hydrogen-bond acceptors (Lipinski definition) is 2. The lowest BCUT2D eigenvalue weighted by atomic mass is 10.2. The summed E-state index contributed by atoms with van der Waals surface area (Å²) in [5, 5.41) is 0. The maximum atomic E-state index is 11.6. The lowest BCUT2D eigenvalue weighted by Gasteiger charge is -2.09. The van der Waals surface area contributed by atoms with Gasteiger partial charge in [0, 0.05) is 11.0 Å². The molecule has 0 saturated carbocycles. The standard InChI is InChI=1S/C11H16BrNO2S/c1-9(2)8-16(14,15)13-7-10-5-3-4-6-11(10)12/h3-6,9,13H,7-8H2,1-2H3. The molecule has 90 valence electrons. The second-order valence-electron chi connectivity index (χ2n) is 4.09. The summed E-state index contributed by atoms with van der Waals surface area (Å²) in [6.45, 7) is 4.10. The van der Waals surface area contributed by atoms with Crippen LogP contribution in [0.25, 0.3) is 0 Å². The normalized spacial score (nSPS) is 12.0. The topological polar surface area (TPSA) is 46.2 Å². The SMILES string of the molecule is CC(C)CS(=O)(=O)NCc1ccccc1Br. The van der Waals surface area contributed by atoms with Crippen molar-refractivity contribution in [3.05, 3.63) is 34.3 Å². The molecule has 0 atom stereocenters. The Morgan fingerprint density at radius 2 is 1.94 bits per heavy atom. The molecular weight excluding hydrogens is 290 g/mol. The molecule has 0 spiro atoms. The Bertz CT molecular complexity index is 443. The van der Waals surface area contributed by atoms with E-state index in [1.165, 1.54) is 0 Å². The van der Waals surface area contributed by atoms with Crippen molar-refractivity contribution >= 4 is 26.0 Å². The minimum Gasteiger partial charge on any atom is -0.212 e. The molecule has 0 aliphatic carbocycles. The van der Waals surface area contributed by atoms with Gasteiger partial charge in [0.15, 0.2) is 0 Å². The molecule has 0 radical (unpaired) electrons. The van der Waals surface area contributed by atoms with Gasteiger partial charge in [-0.2, -0.15) is 0 Å². The van der Waals surface area contributed by atoms with E-state index in [-0.39, 0.29) is 11.7 Å². The summed E-state index contributed by atoms with van der Waals surface area (Å²) >= 11 is 3.38. The van der Waals surface area contributed by atoms with Crippen molar-refractivity contribution in [1.29, 1.82) is 0 Å². The second-order valence-corrected chi connectivity index (χ2v) is 6.79. The molecule has 0 aromatic heterocycles. The van der Waals surface area contributed by atoms with Crippen LogP contribution in [-0.4, -0.2) is 14.2 Å². The summed E-state index contributed by atoms with van der Waals surface area (Å²) in [5.74, 6) is 0.300. The van der Waals surface area contributed by atoms with Crippen molar-refractivity contribution in [3.8, 4) is 0 Å². The molecule has 0 aliphatic rings. The van der Waals surface area contributed by atoms with Crippen molar-refractivity contribution in [3.63, 3.8) is 0 Å². The van der Waals surface area contributed by atoms with Crippen molar-refractivity contribution < 1.29 is 8.42 Å². The summed E-state index contributed by atoms with van der Waals surface area (Å²) in [4.78, 5) is 0. The van der Waals surface area contributed by atoms with E-state index in [2.05, 4.69) is 20.7 Å². The Balaban J connectivity index is 2.62. The number of nitrogens with one attached hydrogen (secondary N) is 1. The fourth-order valence-electron chi connectivity index (χ4n) is 1.33. The van der Waals surface area contributed by atoms with Crippen LogP contribution in [0.4, 0.5) is 0 Å². The van der Waals surface area contributed by atoms with Crippen molar-refractivity contribution in [2.75, 3.05) is 5.75 Å². The van der Waals surface area contributed by atoms with Gasteiger partial charge in [-0.25, -0.2) is 13.1 Å². The molecule has 0 fully saturated rings. The van der Waals surface area contributed by atoms with Gasteiger partial charge >= 0.3 is 0 Å². The first-order valence-corrected chi connectivity index (χ1v) is 7.56. The highest BCUT2D eigenvalue weighted by Gasteiger charge is 2.12. The smallest absolute Gasteiger partial charge is 0.212 e.